The maximum absolute atomic E-state index is 12.7. The van der Waals surface area contributed by atoms with Gasteiger partial charge in [0.15, 0.2) is 5.78 Å². The fraction of sp³-hybridized carbons (Fsp3) is 0.552. The maximum atomic E-state index is 12.7. The van der Waals surface area contributed by atoms with Crippen molar-refractivity contribution in [3.8, 4) is 5.75 Å². The largest absolute Gasteiger partial charge is 0.494 e. The van der Waals surface area contributed by atoms with E-state index in [1.165, 1.54) is 31.5 Å². The summed E-state index contributed by atoms with van der Waals surface area (Å²) in [5, 5.41) is 0. The Morgan fingerprint density at radius 2 is 1.62 bits per heavy atom. The molecule has 5 heteroatoms. The third-order valence-electron chi connectivity index (χ3n) is 6.59. The maximum Gasteiger partial charge on any atom is 0.176 e. The highest BCUT2D eigenvalue weighted by Crippen LogP contribution is 2.18. The van der Waals surface area contributed by atoms with Gasteiger partial charge in [-0.2, -0.15) is 0 Å². The van der Waals surface area contributed by atoms with Crippen LogP contribution in [0, 0.1) is 0 Å². The molecule has 2 aromatic rings. The highest BCUT2D eigenvalue weighted by Gasteiger charge is 2.20. The summed E-state index contributed by atoms with van der Waals surface area (Å²) in [6.45, 7) is 13.8. The molecule has 0 aliphatic carbocycles. The molecular formula is C29H43N3O2. The Balaban J connectivity index is 0.00000103. The summed E-state index contributed by atoms with van der Waals surface area (Å²) >= 11 is 0. The van der Waals surface area contributed by atoms with Gasteiger partial charge in [-0.25, -0.2) is 0 Å². The molecule has 0 amide bonds. The Morgan fingerprint density at radius 1 is 0.941 bits per heavy atom. The van der Waals surface area contributed by atoms with Gasteiger partial charge in [-0.05, 0) is 69.1 Å². The van der Waals surface area contributed by atoms with Gasteiger partial charge in [-0.15, -0.1) is 0 Å². The van der Waals surface area contributed by atoms with Crippen molar-refractivity contribution in [1.82, 2.24) is 9.80 Å². The predicted molar refractivity (Wildman–Crippen MR) is 142 cm³/mol. The number of carbonyl (C=O) groups is 1. The molecule has 0 N–H and O–H groups in total. The van der Waals surface area contributed by atoms with E-state index in [1.54, 1.807) is 0 Å². The monoisotopic (exact) mass is 465 g/mol. The molecule has 5 nitrogen and oxygen atoms in total. The number of Topliss-reactive ketones (excluding diaryl/α,β-unsaturated/α-hetero) is 1. The number of piperazine rings is 1. The van der Waals surface area contributed by atoms with E-state index < -0.39 is 0 Å². The van der Waals surface area contributed by atoms with Crippen molar-refractivity contribution in [2.45, 2.75) is 52.5 Å². The Morgan fingerprint density at radius 3 is 2.24 bits per heavy atom. The minimum absolute atomic E-state index is 0.183. The average molecular weight is 466 g/mol. The van der Waals surface area contributed by atoms with Gasteiger partial charge in [0.25, 0.3) is 0 Å². The van der Waals surface area contributed by atoms with Crippen LogP contribution in [0.3, 0.4) is 0 Å². The van der Waals surface area contributed by atoms with Gasteiger partial charge < -0.3 is 14.5 Å². The zero-order chi connectivity index (χ0) is 24.2. The van der Waals surface area contributed by atoms with Crippen molar-refractivity contribution in [3.05, 3.63) is 60.2 Å². The van der Waals surface area contributed by atoms with Gasteiger partial charge in [-0.1, -0.05) is 38.5 Å². The highest BCUT2D eigenvalue weighted by atomic mass is 16.5. The lowest BCUT2D eigenvalue weighted by Crippen LogP contribution is -2.48. The molecule has 0 radical (unpaired) electrons. The summed E-state index contributed by atoms with van der Waals surface area (Å²) in [4.78, 5) is 19.9. The molecule has 0 bridgehead atoms. The molecule has 1 atom stereocenters. The Kier molecular flexibility index (Phi) is 10.9. The molecule has 2 aliphatic rings. The second-order valence-corrected chi connectivity index (χ2v) is 9.48. The molecule has 2 saturated heterocycles. The van der Waals surface area contributed by atoms with E-state index in [9.17, 15) is 4.79 Å². The summed E-state index contributed by atoms with van der Waals surface area (Å²) in [7, 11) is 0. The number of anilines is 1. The molecule has 0 saturated carbocycles. The SMILES string of the molecule is CCC.C[C@@H]1CCCN1CCCOc1ccc(C(=O)CN2CCN(c3ccccc3)CC2)cc1. The van der Waals surface area contributed by atoms with Crippen molar-refractivity contribution < 1.29 is 9.53 Å². The zero-order valence-corrected chi connectivity index (χ0v) is 21.4. The Hall–Kier alpha value is -2.37. The third kappa shape index (κ3) is 8.14. The second kappa shape index (κ2) is 14.1. The summed E-state index contributed by atoms with van der Waals surface area (Å²) < 4.78 is 5.89. The van der Waals surface area contributed by atoms with Crippen LogP contribution in [0.15, 0.2) is 54.6 Å². The van der Waals surface area contributed by atoms with Crippen LogP contribution in [-0.4, -0.2) is 74.0 Å². The lowest BCUT2D eigenvalue weighted by molar-refractivity contribution is 0.0926. The quantitative estimate of drug-likeness (QED) is 0.368. The van der Waals surface area contributed by atoms with E-state index >= 15 is 0 Å². The fourth-order valence-electron chi connectivity index (χ4n) is 4.62. The molecule has 186 valence electrons. The summed E-state index contributed by atoms with van der Waals surface area (Å²) in [5.74, 6) is 1.03. The van der Waals surface area contributed by atoms with Crippen molar-refractivity contribution in [1.29, 1.82) is 0 Å². The van der Waals surface area contributed by atoms with Crippen LogP contribution in [-0.2, 0) is 0 Å². The molecule has 2 fully saturated rings. The van der Waals surface area contributed by atoms with E-state index in [4.69, 9.17) is 4.74 Å². The van der Waals surface area contributed by atoms with E-state index in [1.807, 2.05) is 30.3 Å². The van der Waals surface area contributed by atoms with Crippen LogP contribution in [0.4, 0.5) is 5.69 Å². The standard InChI is InChI=1S/C26H35N3O2.C3H8/c1-22-7-5-14-28(22)15-6-20-31-25-12-10-23(11-13-25)26(30)21-27-16-18-29(19-17-27)24-8-3-2-4-9-24;1-3-2/h2-4,8-13,22H,5-7,14-21H2,1H3;3H2,1-2H3/t22-;/m1./s1. The van der Waals surface area contributed by atoms with Gasteiger partial charge in [0.05, 0.1) is 13.2 Å². The van der Waals surface area contributed by atoms with Crippen molar-refractivity contribution in [2.24, 2.45) is 0 Å². The zero-order valence-electron chi connectivity index (χ0n) is 21.4. The molecule has 0 spiro atoms. The number of rotatable bonds is 9. The van der Waals surface area contributed by atoms with Crippen LogP contribution in [0.25, 0.3) is 0 Å². The number of likely N-dealkylation sites (tertiary alicyclic amines) is 1. The molecule has 2 aliphatic heterocycles. The van der Waals surface area contributed by atoms with Crippen LogP contribution in [0.1, 0.15) is 56.8 Å². The molecule has 2 aromatic carbocycles. The van der Waals surface area contributed by atoms with E-state index in [-0.39, 0.29) is 5.78 Å². The predicted octanol–water partition coefficient (Wildman–Crippen LogP) is 5.36. The number of hydrogen-bond acceptors (Lipinski definition) is 5. The summed E-state index contributed by atoms with van der Waals surface area (Å²) in [6.07, 6.45) is 4.93. The van der Waals surface area contributed by atoms with Gasteiger partial charge in [0.1, 0.15) is 5.75 Å². The van der Waals surface area contributed by atoms with Crippen molar-refractivity contribution in [2.75, 3.05) is 57.3 Å². The van der Waals surface area contributed by atoms with Gasteiger partial charge in [0.2, 0.25) is 0 Å². The first kappa shape index (κ1) is 26.2. The number of carbonyl (C=O) groups excluding carboxylic acids is 1. The van der Waals surface area contributed by atoms with Gasteiger partial charge in [-0.3, -0.25) is 9.69 Å². The number of ketones is 1. The molecule has 0 unspecified atom stereocenters. The van der Waals surface area contributed by atoms with E-state index in [0.717, 1.165) is 57.1 Å². The Bertz CT molecular complexity index is 832. The second-order valence-electron chi connectivity index (χ2n) is 9.48. The number of hydrogen-bond donors (Lipinski definition) is 0. The van der Waals surface area contributed by atoms with Crippen molar-refractivity contribution in [3.63, 3.8) is 0 Å². The lowest BCUT2D eigenvalue weighted by atomic mass is 10.1. The van der Waals surface area contributed by atoms with E-state index in [0.29, 0.717) is 12.6 Å². The van der Waals surface area contributed by atoms with Gasteiger partial charge >= 0.3 is 0 Å². The molecule has 0 aromatic heterocycles. The number of para-hydroxylation sites is 1. The molecule has 2 heterocycles. The smallest absolute Gasteiger partial charge is 0.176 e. The first-order chi connectivity index (χ1) is 16.6. The fourth-order valence-corrected chi connectivity index (χ4v) is 4.62. The first-order valence-electron chi connectivity index (χ1n) is 13.1. The van der Waals surface area contributed by atoms with E-state index in [2.05, 4.69) is 59.7 Å². The van der Waals surface area contributed by atoms with Crippen molar-refractivity contribution >= 4 is 11.5 Å². The van der Waals surface area contributed by atoms with Crippen LogP contribution in [0.5, 0.6) is 5.75 Å². The minimum Gasteiger partial charge on any atom is -0.494 e. The molecular weight excluding hydrogens is 422 g/mol. The first-order valence-corrected chi connectivity index (χ1v) is 13.1. The lowest BCUT2D eigenvalue weighted by Gasteiger charge is -2.35. The Labute approximate surface area is 206 Å². The van der Waals surface area contributed by atoms with Crippen LogP contribution < -0.4 is 9.64 Å². The number of nitrogens with zero attached hydrogens (tertiary/aromatic N) is 3. The topological polar surface area (TPSA) is 36.0 Å². The molecule has 4 rings (SSSR count). The van der Waals surface area contributed by atoms with Crippen LogP contribution >= 0.6 is 0 Å². The highest BCUT2D eigenvalue weighted by molar-refractivity contribution is 5.97. The normalized spacial score (nSPS) is 18.9. The minimum atomic E-state index is 0.183. The average Bonchev–Trinajstić information content (AvgIpc) is 3.28. The summed E-state index contributed by atoms with van der Waals surface area (Å²) in [5.41, 5.74) is 2.03. The number of benzene rings is 2. The van der Waals surface area contributed by atoms with Crippen LogP contribution in [0.2, 0.25) is 0 Å². The third-order valence-corrected chi connectivity index (χ3v) is 6.59. The van der Waals surface area contributed by atoms with Gasteiger partial charge in [0, 0.05) is 50.0 Å². The molecule has 34 heavy (non-hydrogen) atoms. The summed E-state index contributed by atoms with van der Waals surface area (Å²) in [6, 6.07) is 18.9. The number of ether oxygens (including phenoxy) is 1.